The van der Waals surface area contributed by atoms with Crippen LogP contribution in [0.2, 0.25) is 0 Å². The molecule has 0 aliphatic carbocycles. The summed E-state index contributed by atoms with van der Waals surface area (Å²) in [5.74, 6) is 0.398. The third kappa shape index (κ3) is 6.87. The maximum atomic E-state index is 4.96. The summed E-state index contributed by atoms with van der Waals surface area (Å²) in [5.41, 5.74) is 14.5. The zero-order valence-electron chi connectivity index (χ0n) is 28.3. The van der Waals surface area contributed by atoms with Crippen LogP contribution in [-0.4, -0.2) is 33.7 Å². The minimum absolute atomic E-state index is 0.0874. The van der Waals surface area contributed by atoms with E-state index in [1.54, 1.807) is 0 Å². The van der Waals surface area contributed by atoms with Gasteiger partial charge in [0.1, 0.15) is 0 Å². The first kappa shape index (κ1) is 32.2. The quantitative estimate of drug-likeness (QED) is 0.167. The molecular formula is C40H54N4. The van der Waals surface area contributed by atoms with Gasteiger partial charge in [0.2, 0.25) is 0 Å². The van der Waals surface area contributed by atoms with Crippen molar-refractivity contribution in [3.63, 3.8) is 0 Å². The van der Waals surface area contributed by atoms with E-state index < -0.39 is 0 Å². The van der Waals surface area contributed by atoms with E-state index in [0.29, 0.717) is 5.92 Å². The van der Waals surface area contributed by atoms with E-state index >= 15 is 0 Å². The van der Waals surface area contributed by atoms with Crippen LogP contribution in [0.1, 0.15) is 96.4 Å². The summed E-state index contributed by atoms with van der Waals surface area (Å²) >= 11 is 0. The van der Waals surface area contributed by atoms with Gasteiger partial charge in [-0.05, 0) is 117 Å². The highest BCUT2D eigenvalue weighted by molar-refractivity contribution is 5.95. The first-order valence-electron chi connectivity index (χ1n) is 16.9. The molecule has 1 N–H and O–H groups in total. The molecule has 0 bridgehead atoms. The van der Waals surface area contributed by atoms with Gasteiger partial charge in [0.05, 0.1) is 11.4 Å². The molecule has 4 heteroatoms. The van der Waals surface area contributed by atoms with Gasteiger partial charge in [0.25, 0.3) is 0 Å². The van der Waals surface area contributed by atoms with Crippen LogP contribution < -0.4 is 5.43 Å². The molecule has 4 aromatic rings. The van der Waals surface area contributed by atoms with Gasteiger partial charge in [-0.25, -0.2) is 10.4 Å². The number of hydrazine groups is 1. The van der Waals surface area contributed by atoms with E-state index in [1.165, 1.54) is 62.9 Å². The van der Waals surface area contributed by atoms with Gasteiger partial charge < -0.3 is 4.57 Å². The van der Waals surface area contributed by atoms with Crippen LogP contribution in [0.3, 0.4) is 0 Å². The van der Waals surface area contributed by atoms with Crippen LogP contribution in [0.25, 0.3) is 33.3 Å². The minimum Gasteiger partial charge on any atom is -0.340 e. The Hall–Kier alpha value is -3.21. The highest BCUT2D eigenvalue weighted by Gasteiger charge is 2.30. The molecule has 0 spiro atoms. The monoisotopic (exact) mass is 590 g/mol. The van der Waals surface area contributed by atoms with Crippen LogP contribution in [0.15, 0.2) is 73.4 Å². The van der Waals surface area contributed by atoms with Crippen molar-refractivity contribution in [1.29, 1.82) is 0 Å². The van der Waals surface area contributed by atoms with Gasteiger partial charge in [-0.3, -0.25) is 4.98 Å². The Morgan fingerprint density at radius 3 is 2.61 bits per heavy atom. The Morgan fingerprint density at radius 2 is 1.89 bits per heavy atom. The molecule has 5 rings (SSSR count). The fourth-order valence-corrected chi connectivity index (χ4v) is 7.40. The van der Waals surface area contributed by atoms with Gasteiger partial charge >= 0.3 is 0 Å². The van der Waals surface area contributed by atoms with Crippen LogP contribution in [-0.2, 0) is 19.4 Å². The average molecular weight is 591 g/mol. The third-order valence-electron chi connectivity index (χ3n) is 9.88. The van der Waals surface area contributed by atoms with Crippen LogP contribution in [0.4, 0.5) is 0 Å². The maximum Gasteiger partial charge on any atom is 0.0542 e. The van der Waals surface area contributed by atoms with Gasteiger partial charge in [0, 0.05) is 48.3 Å². The lowest BCUT2D eigenvalue weighted by atomic mass is 9.80. The van der Waals surface area contributed by atoms with Crippen LogP contribution in [0.5, 0.6) is 0 Å². The maximum absolute atomic E-state index is 4.96. The topological polar surface area (TPSA) is 33.1 Å². The molecule has 4 nitrogen and oxygen atoms in total. The van der Waals surface area contributed by atoms with Crippen molar-refractivity contribution in [1.82, 2.24) is 20.0 Å². The third-order valence-corrected chi connectivity index (χ3v) is 9.88. The smallest absolute Gasteiger partial charge is 0.0542 e. The number of hydrogen-bond acceptors (Lipinski definition) is 3. The molecule has 2 aromatic carbocycles. The van der Waals surface area contributed by atoms with Gasteiger partial charge in [-0.1, -0.05) is 64.1 Å². The minimum atomic E-state index is 0.0874. The average Bonchev–Trinajstić information content (AvgIpc) is 3.31. The van der Waals surface area contributed by atoms with Gasteiger partial charge in [-0.15, -0.1) is 6.58 Å². The number of pyridine rings is 1. The largest absolute Gasteiger partial charge is 0.340 e. The summed E-state index contributed by atoms with van der Waals surface area (Å²) in [6, 6.07) is 20.8. The lowest BCUT2D eigenvalue weighted by Crippen LogP contribution is -2.56. The standard InChI is InChI=1S/C40H54N4/c1-9-12-21-39(5,6)28-35-34-26-32(31-17-13-16-30(25-31)27-40(7)22-15-24-43(8)42-40)19-20-36(34)44(11-3)38(35)33-18-14-23-41-37(33)29(4)10-2/h9,13-14,16-20,23,25-26,29,42H,1,10-12,15,21-22,24,27-28H2,2-8H3. The van der Waals surface area contributed by atoms with E-state index in [2.05, 4.69) is 131 Å². The second kappa shape index (κ2) is 13.4. The summed E-state index contributed by atoms with van der Waals surface area (Å²) in [4.78, 5) is 4.96. The molecule has 234 valence electrons. The zero-order chi connectivity index (χ0) is 31.5. The summed E-state index contributed by atoms with van der Waals surface area (Å²) in [6.45, 7) is 20.1. The molecule has 0 radical (unpaired) electrons. The summed E-state index contributed by atoms with van der Waals surface area (Å²) in [5, 5.41) is 3.63. The highest BCUT2D eigenvalue weighted by Crippen LogP contribution is 2.42. The van der Waals surface area contributed by atoms with E-state index in [-0.39, 0.29) is 11.0 Å². The number of hydrogen-bond donors (Lipinski definition) is 1. The molecule has 0 saturated carbocycles. The first-order chi connectivity index (χ1) is 21.1. The molecule has 3 heterocycles. The molecule has 2 unspecified atom stereocenters. The van der Waals surface area contributed by atoms with E-state index in [9.17, 15) is 0 Å². The lowest BCUT2D eigenvalue weighted by Gasteiger charge is -2.40. The molecule has 2 atom stereocenters. The van der Waals surface area contributed by atoms with E-state index in [4.69, 9.17) is 4.98 Å². The fraction of sp³-hybridized carbons (Fsp3) is 0.475. The molecule has 1 aliphatic heterocycles. The molecule has 0 amide bonds. The van der Waals surface area contributed by atoms with Gasteiger partial charge in [0.15, 0.2) is 0 Å². The summed E-state index contributed by atoms with van der Waals surface area (Å²) in [7, 11) is 2.16. The van der Waals surface area contributed by atoms with E-state index in [1.807, 2.05) is 6.20 Å². The molecule has 1 saturated heterocycles. The van der Waals surface area contributed by atoms with Crippen molar-refractivity contribution in [3.8, 4) is 22.4 Å². The predicted octanol–water partition coefficient (Wildman–Crippen LogP) is 9.97. The number of nitrogens with zero attached hydrogens (tertiary/aromatic N) is 3. The van der Waals surface area contributed by atoms with Crippen molar-refractivity contribution >= 4 is 10.9 Å². The number of aryl methyl sites for hydroxylation is 1. The molecule has 1 aliphatic rings. The predicted molar refractivity (Wildman–Crippen MR) is 189 cm³/mol. The number of aromatic nitrogens is 2. The van der Waals surface area contributed by atoms with Crippen molar-refractivity contribution < 1.29 is 0 Å². The van der Waals surface area contributed by atoms with Crippen LogP contribution in [0, 0.1) is 5.41 Å². The number of nitrogens with one attached hydrogen (secondary N) is 1. The summed E-state index contributed by atoms with van der Waals surface area (Å²) in [6.07, 6.45) is 11.7. The van der Waals surface area contributed by atoms with E-state index in [0.717, 1.165) is 45.2 Å². The second-order valence-corrected chi connectivity index (χ2v) is 14.3. The number of allylic oxidation sites excluding steroid dienone is 1. The molecule has 2 aromatic heterocycles. The molecule has 1 fully saturated rings. The SMILES string of the molecule is C=CCCC(C)(C)Cc1c(-c2cccnc2C(C)CC)n(CC)c2ccc(-c3cccc(CC4(C)CCCN(C)N4)c3)cc12. The van der Waals surface area contributed by atoms with Gasteiger partial charge in [-0.2, -0.15) is 0 Å². The lowest BCUT2D eigenvalue weighted by molar-refractivity contribution is 0.0866. The van der Waals surface area contributed by atoms with Crippen molar-refractivity contribution in [2.24, 2.45) is 5.41 Å². The Labute approximate surface area is 266 Å². The van der Waals surface area contributed by atoms with Crippen molar-refractivity contribution in [2.45, 2.75) is 104 Å². The van der Waals surface area contributed by atoms with Crippen molar-refractivity contribution in [3.05, 3.63) is 90.3 Å². The zero-order valence-corrected chi connectivity index (χ0v) is 28.3. The number of fused-ring (bicyclic) bond motifs is 1. The second-order valence-electron chi connectivity index (χ2n) is 14.3. The Bertz CT molecular complexity index is 1590. The Kier molecular flexibility index (Phi) is 9.82. The Balaban J connectivity index is 1.65. The molecular weight excluding hydrogens is 536 g/mol. The normalized spacial score (nSPS) is 18.5. The van der Waals surface area contributed by atoms with Crippen molar-refractivity contribution in [2.75, 3.05) is 13.6 Å². The highest BCUT2D eigenvalue weighted by atomic mass is 15.5. The Morgan fingerprint density at radius 1 is 1.09 bits per heavy atom. The molecule has 44 heavy (non-hydrogen) atoms. The first-order valence-corrected chi connectivity index (χ1v) is 16.9. The summed E-state index contributed by atoms with van der Waals surface area (Å²) < 4.78 is 2.55. The number of rotatable bonds is 12. The van der Waals surface area contributed by atoms with Crippen LogP contribution >= 0.6 is 0 Å². The number of benzene rings is 2. The fourth-order valence-electron chi connectivity index (χ4n) is 7.40.